The van der Waals surface area contributed by atoms with Crippen molar-refractivity contribution >= 4 is 51.2 Å². The maximum atomic E-state index is 6.78. The maximum absolute atomic E-state index is 6.78. The van der Waals surface area contributed by atoms with Gasteiger partial charge >= 0.3 is 0 Å². The van der Waals surface area contributed by atoms with Crippen molar-refractivity contribution in [3.63, 3.8) is 0 Å². The highest BCUT2D eigenvalue weighted by Crippen LogP contribution is 2.65. The van der Waals surface area contributed by atoms with E-state index in [0.717, 1.165) is 130 Å². The van der Waals surface area contributed by atoms with E-state index in [1.54, 1.807) is 0 Å². The minimum absolute atomic E-state index is 0.787. The number of fused-ring (bicyclic) bond motifs is 13. The topological polar surface area (TPSA) is 54.0 Å². The highest BCUT2D eigenvalue weighted by Gasteiger charge is 2.53. The Bertz CT molecular complexity index is 3730. The van der Waals surface area contributed by atoms with Crippen LogP contribution in [0.15, 0.2) is 249 Å². The molecule has 15 rings (SSSR count). The van der Waals surface area contributed by atoms with Gasteiger partial charge in [0.25, 0.3) is 0 Å². The molecule has 0 saturated carbocycles. The largest absolute Gasteiger partial charge is 0.453 e. The molecule has 1 spiro atoms. The van der Waals surface area contributed by atoms with Crippen LogP contribution in [0, 0.1) is 0 Å². The van der Waals surface area contributed by atoms with Gasteiger partial charge in [-0.3, -0.25) is 9.97 Å². The Kier molecular flexibility index (Phi) is 8.74. The summed E-state index contributed by atoms with van der Waals surface area (Å²) in [5, 5.41) is 0. The zero-order valence-corrected chi connectivity index (χ0v) is 38.7. The van der Waals surface area contributed by atoms with Crippen LogP contribution in [0.3, 0.4) is 0 Å². The SMILES string of the molecule is c1ccc(-c2ccc3c(c2)Oc2ccccc2N3c2ccc3c(c2)C2(c4cc(N5c6ccccc6Oc6cc(-c7ccccc7)ccc65)ccc4N3c3ccccc3)c3cccnc3-c3ncccc32)cc1. The smallest absolute Gasteiger partial charge is 0.152 e. The monoisotopic (exact) mass is 923 g/mol. The molecule has 1 aliphatic carbocycles. The van der Waals surface area contributed by atoms with E-state index < -0.39 is 5.41 Å². The van der Waals surface area contributed by atoms with E-state index in [4.69, 9.17) is 19.4 Å². The Balaban J connectivity index is 1.00. The third-order valence-electron chi connectivity index (χ3n) is 14.7. The lowest BCUT2D eigenvalue weighted by atomic mass is 9.64. The van der Waals surface area contributed by atoms with E-state index in [0.29, 0.717) is 0 Å². The number of anilines is 9. The quantitative estimate of drug-likeness (QED) is 0.170. The van der Waals surface area contributed by atoms with Crippen LogP contribution in [0.1, 0.15) is 22.3 Å². The maximum Gasteiger partial charge on any atom is 0.152 e. The fourth-order valence-corrected chi connectivity index (χ4v) is 11.7. The highest BCUT2D eigenvalue weighted by atomic mass is 16.5. The third-order valence-corrected chi connectivity index (χ3v) is 14.7. The van der Waals surface area contributed by atoms with Gasteiger partial charge in [0.05, 0.1) is 50.9 Å². The second-order valence-corrected chi connectivity index (χ2v) is 18.5. The molecule has 0 fully saturated rings. The minimum Gasteiger partial charge on any atom is -0.453 e. The number of rotatable bonds is 5. The molecule has 7 nitrogen and oxygen atoms in total. The molecular weight excluding hydrogens is 883 g/mol. The molecule has 0 amide bonds. The second kappa shape index (κ2) is 15.7. The standard InChI is InChI=1S/C65H41N5O2/c1-4-16-42(17-5-1)44-28-32-57-61(38-44)71-59-26-12-10-24-55(59)69(57)47-30-34-53-51(40-47)65(49-22-14-36-66-63(49)64-50(65)23-15-37-67-64)52-41-48(31-35-54(52)68(53)46-20-8-3-9-21-46)70-56-25-11-13-27-60(56)72-62-39-45(29-33-58(62)70)43-18-6-2-7-19-43/h1-41H. The van der Waals surface area contributed by atoms with Crippen molar-refractivity contribution in [1.29, 1.82) is 0 Å². The molecule has 11 aromatic rings. The lowest BCUT2D eigenvalue weighted by Crippen LogP contribution is -2.36. The van der Waals surface area contributed by atoms with Gasteiger partial charge in [-0.25, -0.2) is 0 Å². The van der Waals surface area contributed by atoms with Crippen LogP contribution in [0.25, 0.3) is 33.6 Å². The van der Waals surface area contributed by atoms with Crippen molar-refractivity contribution in [2.45, 2.75) is 5.41 Å². The summed E-state index contributed by atoms with van der Waals surface area (Å²) in [4.78, 5) is 17.4. The van der Waals surface area contributed by atoms with Crippen molar-refractivity contribution in [3.05, 3.63) is 271 Å². The number of nitrogens with zero attached hydrogens (tertiary/aromatic N) is 5. The van der Waals surface area contributed by atoms with Gasteiger partial charge in [0, 0.05) is 29.5 Å². The Hall–Kier alpha value is -9.72. The first-order valence-corrected chi connectivity index (χ1v) is 24.3. The van der Waals surface area contributed by atoms with Crippen LogP contribution in [0.2, 0.25) is 0 Å². The van der Waals surface area contributed by atoms with Crippen LogP contribution in [0.5, 0.6) is 23.0 Å². The number of ether oxygens (including phenoxy) is 2. The summed E-state index contributed by atoms with van der Waals surface area (Å²) in [6.45, 7) is 0. The molecule has 72 heavy (non-hydrogen) atoms. The Labute approximate surface area is 416 Å². The predicted molar refractivity (Wildman–Crippen MR) is 288 cm³/mol. The second-order valence-electron chi connectivity index (χ2n) is 18.5. The molecule has 5 heterocycles. The first-order chi connectivity index (χ1) is 35.7. The first kappa shape index (κ1) is 40.2. The fourth-order valence-electron chi connectivity index (χ4n) is 11.7. The predicted octanol–water partition coefficient (Wildman–Crippen LogP) is 17.1. The molecule has 338 valence electrons. The molecule has 0 radical (unpaired) electrons. The molecule has 0 unspecified atom stereocenters. The number of benzene rings is 9. The zero-order chi connectivity index (χ0) is 47.3. The van der Waals surface area contributed by atoms with Gasteiger partial charge in [0.15, 0.2) is 23.0 Å². The lowest BCUT2D eigenvalue weighted by molar-refractivity contribution is 0.477. The molecular formula is C65H41N5O2. The Morgan fingerprint density at radius 2 is 0.681 bits per heavy atom. The number of pyridine rings is 2. The summed E-state index contributed by atoms with van der Waals surface area (Å²) in [6.07, 6.45) is 3.78. The Morgan fingerprint density at radius 3 is 1.17 bits per heavy atom. The molecule has 4 aliphatic rings. The number of hydrogen-bond acceptors (Lipinski definition) is 7. The van der Waals surface area contributed by atoms with E-state index in [1.807, 2.05) is 36.7 Å². The molecule has 0 bridgehead atoms. The summed E-state index contributed by atoms with van der Waals surface area (Å²) >= 11 is 0. The first-order valence-electron chi connectivity index (χ1n) is 24.3. The van der Waals surface area contributed by atoms with Crippen molar-refractivity contribution in [2.24, 2.45) is 0 Å². The summed E-state index contributed by atoms with van der Waals surface area (Å²) in [6, 6.07) is 84.0. The third kappa shape index (κ3) is 5.85. The normalized spacial score (nSPS) is 13.8. The van der Waals surface area contributed by atoms with Gasteiger partial charge in [-0.05, 0) is 154 Å². The molecule has 0 N–H and O–H groups in total. The summed E-state index contributed by atoms with van der Waals surface area (Å²) < 4.78 is 13.6. The number of aromatic nitrogens is 2. The average molecular weight is 924 g/mol. The molecule has 9 aromatic carbocycles. The van der Waals surface area contributed by atoms with E-state index in [-0.39, 0.29) is 0 Å². The van der Waals surface area contributed by atoms with Crippen LogP contribution in [-0.4, -0.2) is 9.97 Å². The molecule has 3 aliphatic heterocycles. The Morgan fingerprint density at radius 1 is 0.278 bits per heavy atom. The number of para-hydroxylation sites is 5. The van der Waals surface area contributed by atoms with Crippen LogP contribution in [-0.2, 0) is 5.41 Å². The number of hydrogen-bond donors (Lipinski definition) is 0. The fraction of sp³-hybridized carbons (Fsp3) is 0.0154. The van der Waals surface area contributed by atoms with E-state index in [2.05, 4.69) is 227 Å². The van der Waals surface area contributed by atoms with Gasteiger partial charge in [-0.15, -0.1) is 0 Å². The zero-order valence-electron chi connectivity index (χ0n) is 38.7. The molecule has 7 heteroatoms. The van der Waals surface area contributed by atoms with Crippen molar-refractivity contribution < 1.29 is 9.47 Å². The van der Waals surface area contributed by atoms with Gasteiger partial charge < -0.3 is 24.2 Å². The van der Waals surface area contributed by atoms with Gasteiger partial charge in [0.2, 0.25) is 0 Å². The summed E-state index contributed by atoms with van der Waals surface area (Å²) in [5.41, 5.74) is 18.7. The van der Waals surface area contributed by atoms with Crippen LogP contribution >= 0.6 is 0 Å². The summed E-state index contributed by atoms with van der Waals surface area (Å²) in [5.74, 6) is 3.15. The van der Waals surface area contributed by atoms with Crippen molar-refractivity contribution in [1.82, 2.24) is 9.97 Å². The van der Waals surface area contributed by atoms with Gasteiger partial charge in [0.1, 0.15) is 0 Å². The lowest BCUT2D eigenvalue weighted by Gasteiger charge is -2.46. The minimum atomic E-state index is -0.868. The molecule has 0 atom stereocenters. The highest BCUT2D eigenvalue weighted by molar-refractivity contribution is 5.98. The van der Waals surface area contributed by atoms with E-state index in [1.165, 1.54) is 0 Å². The van der Waals surface area contributed by atoms with Crippen molar-refractivity contribution in [3.8, 4) is 56.6 Å². The average Bonchev–Trinajstić information content (AvgIpc) is 3.74. The van der Waals surface area contributed by atoms with E-state index in [9.17, 15) is 0 Å². The van der Waals surface area contributed by atoms with E-state index >= 15 is 0 Å². The van der Waals surface area contributed by atoms with Crippen molar-refractivity contribution in [2.75, 3.05) is 14.7 Å². The van der Waals surface area contributed by atoms with Crippen LogP contribution < -0.4 is 24.2 Å². The molecule has 0 saturated heterocycles. The van der Waals surface area contributed by atoms with Crippen LogP contribution in [0.4, 0.5) is 51.2 Å². The van der Waals surface area contributed by atoms with Gasteiger partial charge in [-0.2, -0.15) is 0 Å². The summed E-state index contributed by atoms with van der Waals surface area (Å²) in [7, 11) is 0. The molecule has 2 aromatic heterocycles. The van der Waals surface area contributed by atoms with Gasteiger partial charge in [-0.1, -0.05) is 127 Å².